The lowest BCUT2D eigenvalue weighted by Crippen LogP contribution is -2.63. The summed E-state index contributed by atoms with van der Waals surface area (Å²) in [5, 5.41) is 23.6. The summed E-state index contributed by atoms with van der Waals surface area (Å²) in [5.74, 6) is 0.875. The summed E-state index contributed by atoms with van der Waals surface area (Å²) in [6.07, 6.45) is 2.48. The third kappa shape index (κ3) is 3.30. The third-order valence-corrected chi connectivity index (χ3v) is 6.12. The number of aromatic nitrogens is 2. The summed E-state index contributed by atoms with van der Waals surface area (Å²) < 4.78 is 11.3. The molecule has 6 nitrogen and oxygen atoms in total. The summed E-state index contributed by atoms with van der Waals surface area (Å²) in [6.45, 7) is 9.16. The SMILES string of the molecule is CC(C)c1ccc([C@](O)(c2cnnc(O[C@H]3CCOC3)c2)C2(C)CNC2)cc1. The maximum Gasteiger partial charge on any atom is 0.234 e. The second kappa shape index (κ2) is 7.43. The monoisotopic (exact) mass is 383 g/mol. The average molecular weight is 383 g/mol. The van der Waals surface area contributed by atoms with Crippen LogP contribution in [0, 0.1) is 5.41 Å². The van der Waals surface area contributed by atoms with Crippen molar-refractivity contribution in [1.29, 1.82) is 0 Å². The minimum atomic E-state index is -1.19. The maximum absolute atomic E-state index is 12.1. The van der Waals surface area contributed by atoms with Gasteiger partial charge in [0.2, 0.25) is 5.88 Å². The van der Waals surface area contributed by atoms with Gasteiger partial charge in [0.25, 0.3) is 0 Å². The van der Waals surface area contributed by atoms with E-state index in [1.54, 1.807) is 6.20 Å². The maximum atomic E-state index is 12.1. The van der Waals surface area contributed by atoms with Crippen LogP contribution in [-0.2, 0) is 10.3 Å². The molecule has 3 heterocycles. The molecule has 2 fully saturated rings. The molecule has 2 aliphatic heterocycles. The first-order valence-electron chi connectivity index (χ1n) is 10.0. The molecule has 6 heteroatoms. The molecule has 2 aromatic rings. The van der Waals surface area contributed by atoms with E-state index in [-0.39, 0.29) is 11.5 Å². The van der Waals surface area contributed by atoms with Crippen LogP contribution >= 0.6 is 0 Å². The molecule has 2 atom stereocenters. The topological polar surface area (TPSA) is 76.5 Å². The van der Waals surface area contributed by atoms with Crippen LogP contribution in [0.25, 0.3) is 0 Å². The van der Waals surface area contributed by atoms with E-state index in [2.05, 4.69) is 48.4 Å². The molecule has 0 aliphatic carbocycles. The predicted molar refractivity (Wildman–Crippen MR) is 106 cm³/mol. The van der Waals surface area contributed by atoms with E-state index in [1.165, 1.54) is 5.56 Å². The highest BCUT2D eigenvalue weighted by Crippen LogP contribution is 2.47. The van der Waals surface area contributed by atoms with Gasteiger partial charge in [-0.15, -0.1) is 5.10 Å². The Labute approximate surface area is 166 Å². The number of hydrogen-bond donors (Lipinski definition) is 2. The molecule has 0 spiro atoms. The van der Waals surface area contributed by atoms with Crippen LogP contribution in [-0.4, -0.2) is 47.7 Å². The quantitative estimate of drug-likeness (QED) is 0.799. The molecule has 1 aromatic carbocycles. The number of benzene rings is 1. The van der Waals surface area contributed by atoms with Crippen molar-refractivity contribution in [2.75, 3.05) is 26.3 Å². The fraction of sp³-hybridized carbons (Fsp3) is 0.545. The van der Waals surface area contributed by atoms with E-state index in [0.717, 1.165) is 25.1 Å². The fourth-order valence-corrected chi connectivity index (χ4v) is 4.11. The number of rotatable bonds is 6. The van der Waals surface area contributed by atoms with E-state index in [0.29, 0.717) is 30.6 Å². The van der Waals surface area contributed by atoms with Gasteiger partial charge in [-0.25, -0.2) is 0 Å². The van der Waals surface area contributed by atoms with Crippen molar-refractivity contribution in [3.8, 4) is 5.88 Å². The molecule has 1 aromatic heterocycles. The number of ether oxygens (including phenoxy) is 2. The van der Waals surface area contributed by atoms with E-state index in [4.69, 9.17) is 9.47 Å². The molecule has 2 aliphatic rings. The Morgan fingerprint density at radius 3 is 2.57 bits per heavy atom. The lowest BCUT2D eigenvalue weighted by Gasteiger charge is -2.51. The highest BCUT2D eigenvalue weighted by atomic mass is 16.5. The fourth-order valence-electron chi connectivity index (χ4n) is 4.11. The van der Waals surface area contributed by atoms with Crippen molar-refractivity contribution in [3.63, 3.8) is 0 Å². The van der Waals surface area contributed by atoms with Gasteiger partial charge in [-0.3, -0.25) is 0 Å². The second-order valence-corrected chi connectivity index (χ2v) is 8.54. The van der Waals surface area contributed by atoms with Gasteiger partial charge in [0, 0.05) is 36.6 Å². The summed E-state index contributed by atoms with van der Waals surface area (Å²) in [6, 6.07) is 10.1. The third-order valence-electron chi connectivity index (χ3n) is 6.12. The Hall–Kier alpha value is -2.02. The highest BCUT2D eigenvalue weighted by molar-refractivity contribution is 5.41. The van der Waals surface area contributed by atoms with Crippen LogP contribution in [0.15, 0.2) is 36.5 Å². The van der Waals surface area contributed by atoms with Crippen molar-refractivity contribution >= 4 is 0 Å². The Morgan fingerprint density at radius 1 is 1.25 bits per heavy atom. The first-order valence-corrected chi connectivity index (χ1v) is 10.0. The number of hydrogen-bond acceptors (Lipinski definition) is 6. The molecule has 150 valence electrons. The zero-order valence-electron chi connectivity index (χ0n) is 16.8. The minimum absolute atomic E-state index is 0.0103. The number of aliphatic hydroxyl groups is 1. The van der Waals surface area contributed by atoms with Gasteiger partial charge in [-0.1, -0.05) is 45.0 Å². The van der Waals surface area contributed by atoms with Crippen molar-refractivity contribution in [1.82, 2.24) is 15.5 Å². The molecule has 0 radical (unpaired) electrons. The van der Waals surface area contributed by atoms with Gasteiger partial charge >= 0.3 is 0 Å². The van der Waals surface area contributed by atoms with Crippen LogP contribution in [0.5, 0.6) is 5.88 Å². The molecular formula is C22H29N3O3. The van der Waals surface area contributed by atoms with E-state index >= 15 is 0 Å². The van der Waals surface area contributed by atoms with Crippen LogP contribution < -0.4 is 10.1 Å². The molecule has 0 saturated carbocycles. The summed E-state index contributed by atoms with van der Waals surface area (Å²) in [4.78, 5) is 0. The Balaban J connectivity index is 1.72. The normalized spacial score (nSPS) is 23.2. The van der Waals surface area contributed by atoms with Gasteiger partial charge < -0.3 is 19.9 Å². The van der Waals surface area contributed by atoms with Crippen molar-refractivity contribution in [3.05, 3.63) is 53.2 Å². The Kier molecular flexibility index (Phi) is 5.12. The van der Waals surface area contributed by atoms with Crippen molar-refractivity contribution in [2.24, 2.45) is 5.41 Å². The lowest BCUT2D eigenvalue weighted by molar-refractivity contribution is -0.0772. The van der Waals surface area contributed by atoms with E-state index < -0.39 is 5.60 Å². The first-order chi connectivity index (χ1) is 13.4. The summed E-state index contributed by atoms with van der Waals surface area (Å²) in [5.41, 5.74) is 1.29. The molecule has 0 amide bonds. The number of nitrogens with one attached hydrogen (secondary N) is 1. The molecule has 4 rings (SSSR count). The zero-order valence-corrected chi connectivity index (χ0v) is 16.8. The van der Waals surface area contributed by atoms with E-state index in [9.17, 15) is 5.11 Å². The molecular weight excluding hydrogens is 354 g/mol. The molecule has 28 heavy (non-hydrogen) atoms. The highest BCUT2D eigenvalue weighted by Gasteiger charge is 2.53. The summed E-state index contributed by atoms with van der Waals surface area (Å²) in [7, 11) is 0. The first kappa shape index (κ1) is 19.3. The van der Waals surface area contributed by atoms with Crippen LogP contribution in [0.2, 0.25) is 0 Å². The average Bonchev–Trinajstić information content (AvgIpc) is 3.18. The zero-order chi connectivity index (χ0) is 19.8. The molecule has 2 N–H and O–H groups in total. The van der Waals surface area contributed by atoms with Gasteiger partial charge in [0.1, 0.15) is 11.7 Å². The second-order valence-electron chi connectivity index (χ2n) is 8.54. The summed E-state index contributed by atoms with van der Waals surface area (Å²) >= 11 is 0. The smallest absolute Gasteiger partial charge is 0.234 e. The predicted octanol–water partition coefficient (Wildman–Crippen LogP) is 2.61. The lowest BCUT2D eigenvalue weighted by atomic mass is 9.63. The van der Waals surface area contributed by atoms with Gasteiger partial charge in [0.15, 0.2) is 0 Å². The van der Waals surface area contributed by atoms with Crippen LogP contribution in [0.3, 0.4) is 0 Å². The van der Waals surface area contributed by atoms with Crippen molar-refractivity contribution < 1.29 is 14.6 Å². The number of nitrogens with zero attached hydrogens (tertiary/aromatic N) is 2. The molecule has 0 unspecified atom stereocenters. The van der Waals surface area contributed by atoms with Gasteiger partial charge in [-0.05, 0) is 17.0 Å². The van der Waals surface area contributed by atoms with Crippen LogP contribution in [0.1, 0.15) is 49.8 Å². The standard InChI is InChI=1S/C22H29N3O3/c1-15(2)16-4-6-17(7-5-16)22(26,21(3)13-23-14-21)18-10-20(25-24-11-18)28-19-8-9-27-12-19/h4-7,10-11,15,19,23,26H,8-9,12-14H2,1-3H3/t19-,22-/m0/s1. The Bertz CT molecular complexity index is 814. The Morgan fingerprint density at radius 2 is 2.00 bits per heavy atom. The van der Waals surface area contributed by atoms with Crippen molar-refractivity contribution in [2.45, 2.75) is 44.8 Å². The minimum Gasteiger partial charge on any atom is -0.471 e. The van der Waals surface area contributed by atoms with E-state index in [1.807, 2.05) is 18.2 Å². The van der Waals surface area contributed by atoms with Crippen LogP contribution in [0.4, 0.5) is 0 Å². The van der Waals surface area contributed by atoms with Gasteiger partial charge in [-0.2, -0.15) is 5.10 Å². The van der Waals surface area contributed by atoms with Gasteiger partial charge in [0.05, 0.1) is 19.4 Å². The largest absolute Gasteiger partial charge is 0.471 e. The molecule has 2 saturated heterocycles. The molecule has 0 bridgehead atoms.